The van der Waals surface area contributed by atoms with Gasteiger partial charge in [0.15, 0.2) is 0 Å². The van der Waals surface area contributed by atoms with E-state index in [1.807, 2.05) is 18.2 Å². The van der Waals surface area contributed by atoms with Crippen LogP contribution in [0.25, 0.3) is 0 Å². The summed E-state index contributed by atoms with van der Waals surface area (Å²) in [4.78, 5) is 29.4. The Labute approximate surface area is 258 Å². The van der Waals surface area contributed by atoms with E-state index in [0.29, 0.717) is 41.2 Å². The molecule has 4 aliphatic carbocycles. The van der Waals surface area contributed by atoms with Crippen molar-refractivity contribution in [2.24, 2.45) is 52.3 Å². The average Bonchev–Trinajstić information content (AvgIpc) is 3.44. The zero-order chi connectivity index (χ0) is 30.0. The second-order valence-corrected chi connectivity index (χ2v) is 16.1. The minimum Gasteiger partial charge on any atom is -0.357 e. The highest BCUT2D eigenvalue weighted by Gasteiger charge is 2.68. The maximum Gasteiger partial charge on any atom is 0.229 e. The number of ether oxygens (including phenoxy) is 1. The Bertz CT molecular complexity index is 1200. The minimum atomic E-state index is -0.242. The molecule has 236 valence electrons. The maximum absolute atomic E-state index is 12.8. The molecule has 3 heterocycles. The highest BCUT2D eigenvalue weighted by molar-refractivity contribution is 5.96. The number of aromatic nitrogens is 1. The molecule has 7 rings (SSSR count). The average molecular weight is 591 g/mol. The molecule has 6 aliphatic rings. The predicted molar refractivity (Wildman–Crippen MR) is 166 cm³/mol. The molecule has 7 heteroatoms. The molecule has 0 aromatic carbocycles. The Hall–Kier alpha value is -1.99. The Morgan fingerprint density at radius 3 is 2.58 bits per heavy atom. The molecule has 3 N–H and O–H groups in total. The molecular weight excluding hydrogens is 536 g/mol. The number of hydrogen-bond donors (Lipinski definition) is 3. The van der Waals surface area contributed by atoms with Crippen molar-refractivity contribution in [1.29, 1.82) is 0 Å². The Morgan fingerprint density at radius 1 is 0.977 bits per heavy atom. The van der Waals surface area contributed by atoms with Gasteiger partial charge in [-0.25, -0.2) is 0 Å². The van der Waals surface area contributed by atoms with Crippen LogP contribution in [0.5, 0.6) is 0 Å². The monoisotopic (exact) mass is 590 g/mol. The smallest absolute Gasteiger partial charge is 0.229 e. The van der Waals surface area contributed by atoms with Crippen LogP contribution in [0, 0.1) is 52.3 Å². The predicted octanol–water partition coefficient (Wildman–Crippen LogP) is 5.59. The summed E-state index contributed by atoms with van der Waals surface area (Å²) in [5.41, 5.74) is 1.46. The molecule has 7 nitrogen and oxygen atoms in total. The van der Waals surface area contributed by atoms with Gasteiger partial charge in [0.25, 0.3) is 0 Å². The van der Waals surface area contributed by atoms with Crippen molar-refractivity contribution >= 4 is 11.8 Å². The van der Waals surface area contributed by atoms with Crippen molar-refractivity contribution in [3.05, 3.63) is 30.1 Å². The zero-order valence-corrected chi connectivity index (χ0v) is 26.9. The summed E-state index contributed by atoms with van der Waals surface area (Å²) in [5, 5.41) is 9.97. The van der Waals surface area contributed by atoms with Crippen LogP contribution in [0.1, 0.15) is 104 Å². The van der Waals surface area contributed by atoms with Crippen LogP contribution in [-0.2, 0) is 20.9 Å². The fraction of sp³-hybridized carbons (Fsp3) is 0.806. The maximum atomic E-state index is 12.8. The van der Waals surface area contributed by atoms with Crippen LogP contribution in [0.3, 0.4) is 0 Å². The number of amides is 2. The summed E-state index contributed by atoms with van der Waals surface area (Å²) in [6.45, 7) is 11.6. The fourth-order valence-electron chi connectivity index (χ4n) is 11.8. The number of pyridine rings is 1. The van der Waals surface area contributed by atoms with Gasteiger partial charge in [-0.1, -0.05) is 33.8 Å². The second kappa shape index (κ2) is 11.1. The molecule has 2 aliphatic heterocycles. The molecule has 0 radical (unpaired) electrons. The molecule has 0 bridgehead atoms. The molecule has 2 saturated heterocycles. The van der Waals surface area contributed by atoms with Crippen LogP contribution in [0.15, 0.2) is 24.4 Å². The molecule has 6 fully saturated rings. The first-order valence-corrected chi connectivity index (χ1v) is 17.5. The first-order valence-electron chi connectivity index (χ1n) is 17.5. The summed E-state index contributed by atoms with van der Waals surface area (Å²) in [6.07, 6.45) is 14.3. The Morgan fingerprint density at radius 2 is 1.81 bits per heavy atom. The summed E-state index contributed by atoms with van der Waals surface area (Å²) in [7, 11) is 0. The molecule has 1 aromatic rings. The van der Waals surface area contributed by atoms with E-state index in [1.165, 1.54) is 51.4 Å². The lowest BCUT2D eigenvalue weighted by Gasteiger charge is -2.61. The molecule has 0 unspecified atom stereocenters. The van der Waals surface area contributed by atoms with Gasteiger partial charge in [-0.3, -0.25) is 19.9 Å². The van der Waals surface area contributed by atoms with Crippen LogP contribution in [-0.4, -0.2) is 41.2 Å². The van der Waals surface area contributed by atoms with Crippen LogP contribution in [0.2, 0.25) is 0 Å². The highest BCUT2D eigenvalue weighted by Crippen LogP contribution is 2.71. The molecule has 43 heavy (non-hydrogen) atoms. The van der Waals surface area contributed by atoms with E-state index >= 15 is 0 Å². The quantitative estimate of drug-likeness (QED) is 0.389. The molecule has 12 atom stereocenters. The molecular formula is C36H54N4O3. The first-order chi connectivity index (χ1) is 20.6. The van der Waals surface area contributed by atoms with E-state index in [2.05, 4.69) is 48.6 Å². The van der Waals surface area contributed by atoms with E-state index in [4.69, 9.17) is 4.74 Å². The van der Waals surface area contributed by atoms with Crippen molar-refractivity contribution in [3.8, 4) is 0 Å². The van der Waals surface area contributed by atoms with E-state index in [1.54, 1.807) is 6.20 Å². The largest absolute Gasteiger partial charge is 0.357 e. The summed E-state index contributed by atoms with van der Waals surface area (Å²) < 4.78 is 7.08. The Kier molecular flexibility index (Phi) is 7.68. The van der Waals surface area contributed by atoms with Gasteiger partial charge in [0.1, 0.15) is 12.1 Å². The van der Waals surface area contributed by atoms with Gasteiger partial charge >= 0.3 is 0 Å². The number of nitrogens with zero attached hydrogens (tertiary/aromatic N) is 1. The lowest BCUT2D eigenvalue weighted by molar-refractivity contribution is -0.137. The van der Waals surface area contributed by atoms with Crippen molar-refractivity contribution in [3.63, 3.8) is 0 Å². The van der Waals surface area contributed by atoms with Gasteiger partial charge < -0.3 is 15.4 Å². The van der Waals surface area contributed by atoms with Gasteiger partial charge in [-0.15, -0.1) is 0 Å². The standard InChI is InChI=1S/C36H54N4O3/c1-22-10-15-36(39-20-22)23(2)33-30(43-36)18-29-27-9-8-24-17-25(11-13-34(24,3)28(27)12-14-35(29,33)4)40-32(42)19-31(41)38-21-26-7-5-6-16-37-26/h5-7,16,22-25,27-30,33,39H,8-15,17-21H2,1-4H3,(H,38,41)(H,40,42)/t22-,23+,24+,25+,27-,28+,29+,30+,33+,34+,35+,36-/m1/s1. The zero-order valence-electron chi connectivity index (χ0n) is 26.9. The van der Waals surface area contributed by atoms with Gasteiger partial charge in [-0.2, -0.15) is 0 Å². The van der Waals surface area contributed by atoms with E-state index in [-0.39, 0.29) is 30.0 Å². The number of nitrogens with one attached hydrogen (secondary N) is 3. The van der Waals surface area contributed by atoms with Crippen molar-refractivity contribution in [2.75, 3.05) is 6.54 Å². The Balaban J connectivity index is 0.952. The van der Waals surface area contributed by atoms with E-state index in [9.17, 15) is 9.59 Å². The third-order valence-corrected chi connectivity index (χ3v) is 14.0. The third kappa shape index (κ3) is 5.05. The number of fused-ring (bicyclic) bond motifs is 7. The molecule has 2 amide bonds. The van der Waals surface area contributed by atoms with Crippen LogP contribution < -0.4 is 16.0 Å². The fourth-order valence-corrected chi connectivity index (χ4v) is 11.8. The number of carbonyl (C=O) groups excluding carboxylic acids is 2. The topological polar surface area (TPSA) is 92.4 Å². The number of piperidine rings is 1. The van der Waals surface area contributed by atoms with Crippen LogP contribution >= 0.6 is 0 Å². The van der Waals surface area contributed by atoms with Crippen molar-refractivity contribution < 1.29 is 14.3 Å². The number of rotatable bonds is 5. The first kappa shape index (κ1) is 29.7. The molecule has 1 aromatic heterocycles. The summed E-state index contributed by atoms with van der Waals surface area (Å²) in [5.74, 6) is 4.65. The number of hydrogen-bond acceptors (Lipinski definition) is 5. The normalized spacial score (nSPS) is 46.7. The highest BCUT2D eigenvalue weighted by atomic mass is 16.5. The third-order valence-electron chi connectivity index (χ3n) is 14.0. The SMILES string of the molecule is C[C@@H]1CC[C@@]2(NC1)O[C@H]1C[C@H]3[C@@H]4CC[C@H]5C[C@@H](NC(=O)CC(=O)NCc6ccccn6)CC[C@]5(C)[C@H]4CC[C@]3(C)[C@H]1[C@@H]2C. The van der Waals surface area contributed by atoms with Crippen LogP contribution in [0.4, 0.5) is 0 Å². The summed E-state index contributed by atoms with van der Waals surface area (Å²) >= 11 is 0. The van der Waals surface area contributed by atoms with Crippen molar-refractivity contribution in [1.82, 2.24) is 20.9 Å². The molecule has 1 spiro atoms. The second-order valence-electron chi connectivity index (χ2n) is 16.1. The lowest BCUT2D eigenvalue weighted by Crippen LogP contribution is -2.58. The summed E-state index contributed by atoms with van der Waals surface area (Å²) in [6, 6.07) is 5.80. The van der Waals surface area contributed by atoms with Gasteiger partial charge in [0, 0.05) is 24.7 Å². The van der Waals surface area contributed by atoms with Crippen molar-refractivity contribution in [2.45, 2.75) is 123 Å². The molecule has 4 saturated carbocycles. The lowest BCUT2D eigenvalue weighted by atomic mass is 9.44. The number of carbonyl (C=O) groups is 2. The minimum absolute atomic E-state index is 0.0844. The van der Waals surface area contributed by atoms with E-state index in [0.717, 1.165) is 48.8 Å². The van der Waals surface area contributed by atoms with Gasteiger partial charge in [-0.05, 0) is 123 Å². The van der Waals surface area contributed by atoms with Gasteiger partial charge in [0.2, 0.25) is 11.8 Å². The van der Waals surface area contributed by atoms with Gasteiger partial charge in [0.05, 0.1) is 18.3 Å². The van der Waals surface area contributed by atoms with E-state index < -0.39 is 0 Å².